The Balaban J connectivity index is 0.00000225. The molecule has 0 bridgehead atoms. The van der Waals surface area contributed by atoms with Crippen molar-refractivity contribution in [1.29, 1.82) is 0 Å². The number of hydrogen-bond acceptors (Lipinski definition) is 4. The zero-order valence-corrected chi connectivity index (χ0v) is 16.0. The Morgan fingerprint density at radius 1 is 1.28 bits per heavy atom. The molecule has 3 rings (SSSR count). The van der Waals surface area contributed by atoms with Crippen molar-refractivity contribution in [2.45, 2.75) is 38.3 Å². The summed E-state index contributed by atoms with van der Waals surface area (Å²) < 4.78 is 5.19. The summed E-state index contributed by atoms with van der Waals surface area (Å²) in [7, 11) is 1.67. The van der Waals surface area contributed by atoms with E-state index in [0.29, 0.717) is 6.54 Å². The van der Waals surface area contributed by atoms with Crippen LogP contribution in [-0.4, -0.2) is 19.1 Å². The van der Waals surface area contributed by atoms with Gasteiger partial charge in [0, 0.05) is 16.8 Å². The average Bonchev–Trinajstić information content (AvgIpc) is 3.09. The number of amides is 1. The summed E-state index contributed by atoms with van der Waals surface area (Å²) in [5.41, 5.74) is 8.30. The molecule has 1 amide bonds. The minimum atomic E-state index is 0. The van der Waals surface area contributed by atoms with Crippen molar-refractivity contribution in [2.24, 2.45) is 11.7 Å². The van der Waals surface area contributed by atoms with E-state index in [0.717, 1.165) is 41.9 Å². The monoisotopic (exact) mass is 380 g/mol. The van der Waals surface area contributed by atoms with E-state index < -0.39 is 0 Å². The summed E-state index contributed by atoms with van der Waals surface area (Å²) >= 11 is 1.67. The predicted octanol–water partition coefficient (Wildman–Crippen LogP) is 3.98. The Bertz CT molecular complexity index is 687. The molecular weight excluding hydrogens is 356 g/mol. The molecule has 1 saturated carbocycles. The highest BCUT2D eigenvalue weighted by Gasteiger charge is 2.25. The van der Waals surface area contributed by atoms with E-state index in [1.165, 1.54) is 5.56 Å². The SMILES string of the molecule is COc1ccc(-c2csc(CNC(=O)C3CCCC(N)C3)c2)cc1.Cl. The average molecular weight is 381 g/mol. The Hall–Kier alpha value is -1.56. The molecule has 3 N–H and O–H groups in total. The van der Waals surface area contributed by atoms with Crippen molar-refractivity contribution in [3.05, 3.63) is 40.6 Å². The molecule has 1 aliphatic rings. The molecule has 25 heavy (non-hydrogen) atoms. The first-order valence-electron chi connectivity index (χ1n) is 8.41. The first-order chi connectivity index (χ1) is 11.7. The molecule has 136 valence electrons. The van der Waals surface area contributed by atoms with Crippen molar-refractivity contribution >= 4 is 29.7 Å². The highest BCUT2D eigenvalue weighted by atomic mass is 35.5. The van der Waals surface area contributed by atoms with Gasteiger partial charge in [-0.1, -0.05) is 18.6 Å². The lowest BCUT2D eigenvalue weighted by atomic mass is 9.85. The van der Waals surface area contributed by atoms with E-state index in [9.17, 15) is 4.79 Å². The van der Waals surface area contributed by atoms with Crippen molar-refractivity contribution in [2.75, 3.05) is 7.11 Å². The van der Waals surface area contributed by atoms with Gasteiger partial charge in [0.15, 0.2) is 0 Å². The molecule has 4 nitrogen and oxygen atoms in total. The van der Waals surface area contributed by atoms with E-state index in [2.05, 4.69) is 16.8 Å². The van der Waals surface area contributed by atoms with Gasteiger partial charge in [-0.2, -0.15) is 0 Å². The van der Waals surface area contributed by atoms with Gasteiger partial charge in [0.2, 0.25) is 5.91 Å². The third-order valence-electron chi connectivity index (χ3n) is 4.60. The molecule has 1 heterocycles. The lowest BCUT2D eigenvalue weighted by Gasteiger charge is -2.25. The van der Waals surface area contributed by atoms with Gasteiger partial charge >= 0.3 is 0 Å². The van der Waals surface area contributed by atoms with Crippen LogP contribution < -0.4 is 15.8 Å². The second kappa shape index (κ2) is 9.22. The van der Waals surface area contributed by atoms with Gasteiger partial charge in [-0.3, -0.25) is 4.79 Å². The number of carbonyl (C=O) groups is 1. The van der Waals surface area contributed by atoms with E-state index in [-0.39, 0.29) is 30.3 Å². The zero-order valence-electron chi connectivity index (χ0n) is 14.4. The van der Waals surface area contributed by atoms with Crippen LogP contribution in [0.1, 0.15) is 30.6 Å². The number of nitrogens with two attached hydrogens (primary N) is 1. The highest BCUT2D eigenvalue weighted by Crippen LogP contribution is 2.28. The van der Waals surface area contributed by atoms with Gasteiger partial charge in [-0.05, 0) is 54.0 Å². The summed E-state index contributed by atoms with van der Waals surface area (Å²) in [6, 6.07) is 10.3. The second-order valence-corrected chi connectivity index (χ2v) is 7.37. The molecule has 0 radical (unpaired) electrons. The molecule has 2 aromatic rings. The molecule has 1 aromatic carbocycles. The molecule has 2 atom stereocenters. The minimum Gasteiger partial charge on any atom is -0.497 e. The maximum atomic E-state index is 12.3. The number of nitrogens with one attached hydrogen (secondary N) is 1. The number of benzene rings is 1. The first-order valence-corrected chi connectivity index (χ1v) is 9.29. The lowest BCUT2D eigenvalue weighted by Crippen LogP contribution is -2.37. The molecule has 6 heteroatoms. The third-order valence-corrected chi connectivity index (χ3v) is 5.54. The lowest BCUT2D eigenvalue weighted by molar-refractivity contribution is -0.126. The number of thiophene rings is 1. The molecule has 1 fully saturated rings. The Morgan fingerprint density at radius 2 is 2.04 bits per heavy atom. The number of ether oxygens (including phenoxy) is 1. The number of methoxy groups -OCH3 is 1. The largest absolute Gasteiger partial charge is 0.497 e. The highest BCUT2D eigenvalue weighted by molar-refractivity contribution is 7.10. The summed E-state index contributed by atoms with van der Waals surface area (Å²) in [6.07, 6.45) is 3.87. The maximum Gasteiger partial charge on any atom is 0.223 e. The van der Waals surface area contributed by atoms with Crippen LogP contribution in [0.2, 0.25) is 0 Å². The third kappa shape index (κ3) is 5.21. The molecule has 1 aromatic heterocycles. The summed E-state index contributed by atoms with van der Waals surface area (Å²) in [5.74, 6) is 1.08. The quantitative estimate of drug-likeness (QED) is 0.824. The maximum absolute atomic E-state index is 12.3. The fraction of sp³-hybridized carbons (Fsp3) is 0.421. The smallest absolute Gasteiger partial charge is 0.223 e. The normalized spacial score (nSPS) is 19.8. The Morgan fingerprint density at radius 3 is 2.72 bits per heavy atom. The van der Waals surface area contributed by atoms with E-state index in [4.69, 9.17) is 10.5 Å². The predicted molar refractivity (Wildman–Crippen MR) is 105 cm³/mol. The van der Waals surface area contributed by atoms with Crippen LogP contribution in [0.5, 0.6) is 5.75 Å². The van der Waals surface area contributed by atoms with Crippen molar-refractivity contribution < 1.29 is 9.53 Å². The van der Waals surface area contributed by atoms with E-state index in [1.807, 2.05) is 24.3 Å². The van der Waals surface area contributed by atoms with Crippen molar-refractivity contribution in [3.63, 3.8) is 0 Å². The summed E-state index contributed by atoms with van der Waals surface area (Å²) in [6.45, 7) is 0.589. The Labute approximate surface area is 159 Å². The fourth-order valence-corrected chi connectivity index (χ4v) is 4.03. The van der Waals surface area contributed by atoms with Crippen LogP contribution in [0.25, 0.3) is 11.1 Å². The van der Waals surface area contributed by atoms with Crippen LogP contribution in [-0.2, 0) is 11.3 Å². The van der Waals surface area contributed by atoms with Gasteiger partial charge in [0.1, 0.15) is 5.75 Å². The van der Waals surface area contributed by atoms with Crippen molar-refractivity contribution in [3.8, 4) is 16.9 Å². The van der Waals surface area contributed by atoms with Crippen LogP contribution in [0, 0.1) is 5.92 Å². The molecule has 1 aliphatic carbocycles. The van der Waals surface area contributed by atoms with Crippen LogP contribution in [0.15, 0.2) is 35.7 Å². The minimum absolute atomic E-state index is 0. The van der Waals surface area contributed by atoms with Crippen LogP contribution >= 0.6 is 23.7 Å². The van der Waals surface area contributed by atoms with Gasteiger partial charge in [0.25, 0.3) is 0 Å². The van der Waals surface area contributed by atoms with Gasteiger partial charge in [-0.15, -0.1) is 23.7 Å². The number of rotatable bonds is 5. The molecule has 2 unspecified atom stereocenters. The van der Waals surface area contributed by atoms with Gasteiger partial charge < -0.3 is 15.8 Å². The molecule has 0 spiro atoms. The first kappa shape index (κ1) is 19.8. The van der Waals surface area contributed by atoms with Crippen LogP contribution in [0.3, 0.4) is 0 Å². The number of carbonyl (C=O) groups excluding carboxylic acids is 1. The Kier molecular flexibility index (Phi) is 7.29. The van der Waals surface area contributed by atoms with Gasteiger partial charge in [0.05, 0.1) is 13.7 Å². The summed E-state index contributed by atoms with van der Waals surface area (Å²) in [4.78, 5) is 13.4. The van der Waals surface area contributed by atoms with Gasteiger partial charge in [-0.25, -0.2) is 0 Å². The van der Waals surface area contributed by atoms with E-state index in [1.54, 1.807) is 18.4 Å². The number of hydrogen-bond donors (Lipinski definition) is 2. The summed E-state index contributed by atoms with van der Waals surface area (Å²) in [5, 5.41) is 5.19. The molecular formula is C19H25ClN2O2S. The standard InChI is InChI=1S/C19H24N2O2S.ClH/c1-23-17-7-5-13(6-8-17)15-10-18(24-12-15)11-21-19(22)14-3-2-4-16(20)9-14;/h5-8,10,12,14,16H,2-4,9,11,20H2,1H3,(H,21,22);1H. The zero-order chi connectivity index (χ0) is 16.9. The number of halogens is 1. The fourth-order valence-electron chi connectivity index (χ4n) is 3.19. The van der Waals surface area contributed by atoms with Crippen molar-refractivity contribution in [1.82, 2.24) is 5.32 Å². The van der Waals surface area contributed by atoms with Crippen LogP contribution in [0.4, 0.5) is 0 Å². The van der Waals surface area contributed by atoms with E-state index >= 15 is 0 Å². The second-order valence-electron chi connectivity index (χ2n) is 6.37. The molecule has 0 saturated heterocycles. The molecule has 0 aliphatic heterocycles. The topological polar surface area (TPSA) is 64.3 Å².